The third-order valence-corrected chi connectivity index (χ3v) is 10.4. The van der Waals surface area contributed by atoms with Gasteiger partial charge in [-0.05, 0) is 30.0 Å². The fourth-order valence-electron chi connectivity index (χ4n) is 3.07. The number of carbonyl (C=O) groups is 1. The van der Waals surface area contributed by atoms with Crippen molar-refractivity contribution in [3.8, 4) is 0 Å². The van der Waals surface area contributed by atoms with Crippen LogP contribution in [0.25, 0.3) is 0 Å². The van der Waals surface area contributed by atoms with Crippen LogP contribution in [0.1, 0.15) is 74.1 Å². The monoisotopic (exact) mass is 312 g/mol. The molecule has 0 aliphatic carbocycles. The van der Waals surface area contributed by atoms with E-state index in [9.17, 15) is 4.79 Å². The van der Waals surface area contributed by atoms with Crippen LogP contribution in [0.2, 0.25) is 17.1 Å². The van der Waals surface area contributed by atoms with E-state index in [1.807, 2.05) is 0 Å². The molecular weight excluding hydrogens is 276 g/mol. The molecule has 0 rings (SSSR count). The van der Waals surface area contributed by atoms with Crippen LogP contribution in [0.3, 0.4) is 0 Å². The lowest BCUT2D eigenvalue weighted by atomic mass is 10.0. The van der Waals surface area contributed by atoms with Gasteiger partial charge in [0.05, 0.1) is 0 Å². The van der Waals surface area contributed by atoms with Crippen molar-refractivity contribution in [3.05, 3.63) is 12.2 Å². The smallest absolute Gasteiger partial charge is 0.319 e. The van der Waals surface area contributed by atoms with E-state index in [2.05, 4.69) is 48.1 Å². The van der Waals surface area contributed by atoms with Crippen molar-refractivity contribution in [2.75, 3.05) is 0 Å². The van der Waals surface area contributed by atoms with E-state index in [1.165, 1.54) is 25.7 Å². The van der Waals surface area contributed by atoms with Crippen molar-refractivity contribution in [1.29, 1.82) is 0 Å². The molecule has 1 unspecified atom stereocenters. The Bertz CT molecular complexity index is 326. The van der Waals surface area contributed by atoms with Crippen LogP contribution in [-0.4, -0.2) is 14.3 Å². The van der Waals surface area contributed by atoms with Gasteiger partial charge in [0.2, 0.25) is 0 Å². The molecule has 3 heteroatoms. The lowest BCUT2D eigenvalue weighted by Gasteiger charge is -2.40. The Hall–Kier alpha value is -0.573. The summed E-state index contributed by atoms with van der Waals surface area (Å²) in [5, 5.41) is 0. The molecule has 0 heterocycles. The van der Waals surface area contributed by atoms with Gasteiger partial charge in [0.25, 0.3) is 8.32 Å². The van der Waals surface area contributed by atoms with Gasteiger partial charge in [-0.2, -0.15) is 0 Å². The zero-order valence-corrected chi connectivity index (χ0v) is 16.3. The topological polar surface area (TPSA) is 26.3 Å². The second-order valence-corrected chi connectivity index (χ2v) is 11.9. The zero-order valence-electron chi connectivity index (χ0n) is 15.3. The Morgan fingerprint density at radius 2 is 1.67 bits per heavy atom. The first-order chi connectivity index (χ1) is 9.71. The maximum absolute atomic E-state index is 12.2. The second kappa shape index (κ2) is 9.45. The normalized spacial score (nSPS) is 13.6. The summed E-state index contributed by atoms with van der Waals surface area (Å²) in [5.74, 6) is 0.494. The lowest BCUT2D eigenvalue weighted by molar-refractivity contribution is -0.131. The highest BCUT2D eigenvalue weighted by atomic mass is 28.4. The summed E-state index contributed by atoms with van der Waals surface area (Å²) in [4.78, 5) is 12.2. The number of carbonyl (C=O) groups excluding carboxylic acids is 1. The van der Waals surface area contributed by atoms with Crippen molar-refractivity contribution < 1.29 is 9.22 Å². The number of rotatable bonds is 10. The van der Waals surface area contributed by atoms with Gasteiger partial charge in [-0.1, -0.05) is 73.8 Å². The third-order valence-electron chi connectivity index (χ3n) is 4.74. The van der Waals surface area contributed by atoms with E-state index >= 15 is 0 Å². The molecule has 21 heavy (non-hydrogen) atoms. The van der Waals surface area contributed by atoms with Crippen LogP contribution in [0.15, 0.2) is 12.2 Å². The Labute approximate surface area is 133 Å². The Kier molecular flexibility index (Phi) is 9.19. The SMILES string of the molecule is C=C(C)C(=O)O[Si](CC(CC)CCCC)(C(C)C)C(C)C. The van der Waals surface area contributed by atoms with E-state index in [0.29, 0.717) is 22.6 Å². The first kappa shape index (κ1) is 20.4. The van der Waals surface area contributed by atoms with Crippen LogP contribution >= 0.6 is 0 Å². The highest BCUT2D eigenvalue weighted by Gasteiger charge is 2.46. The number of hydrogen-bond donors (Lipinski definition) is 0. The molecule has 0 aliphatic heterocycles. The van der Waals surface area contributed by atoms with Crippen LogP contribution in [0, 0.1) is 5.92 Å². The van der Waals surface area contributed by atoms with Crippen molar-refractivity contribution in [3.63, 3.8) is 0 Å². The van der Waals surface area contributed by atoms with Crippen molar-refractivity contribution in [2.45, 2.75) is 91.3 Å². The predicted molar refractivity (Wildman–Crippen MR) is 95.0 cm³/mol. The minimum absolute atomic E-state index is 0.186. The molecule has 2 nitrogen and oxygen atoms in total. The van der Waals surface area contributed by atoms with Gasteiger partial charge in [-0.3, -0.25) is 0 Å². The lowest BCUT2D eigenvalue weighted by Crippen LogP contribution is -2.48. The molecule has 0 aromatic carbocycles. The van der Waals surface area contributed by atoms with E-state index in [4.69, 9.17) is 4.43 Å². The molecule has 0 aromatic heterocycles. The average molecular weight is 313 g/mol. The summed E-state index contributed by atoms with van der Waals surface area (Å²) in [6.45, 7) is 18.9. The summed E-state index contributed by atoms with van der Waals surface area (Å²) in [7, 11) is -2.12. The molecule has 124 valence electrons. The fraction of sp³-hybridized carbons (Fsp3) is 0.833. The molecule has 0 aromatic rings. The first-order valence-corrected chi connectivity index (χ1v) is 10.9. The third kappa shape index (κ3) is 5.97. The number of hydrogen-bond acceptors (Lipinski definition) is 2. The van der Waals surface area contributed by atoms with Crippen LogP contribution in [0.5, 0.6) is 0 Å². The van der Waals surface area contributed by atoms with Crippen LogP contribution in [-0.2, 0) is 9.22 Å². The largest absolute Gasteiger partial charge is 0.515 e. The molecule has 0 spiro atoms. The van der Waals surface area contributed by atoms with Crippen molar-refractivity contribution >= 4 is 14.3 Å². The fourth-order valence-corrected chi connectivity index (χ4v) is 7.82. The van der Waals surface area contributed by atoms with Gasteiger partial charge >= 0.3 is 5.97 Å². The van der Waals surface area contributed by atoms with Gasteiger partial charge in [-0.25, -0.2) is 4.79 Å². The van der Waals surface area contributed by atoms with Gasteiger partial charge in [-0.15, -0.1) is 0 Å². The minimum Gasteiger partial charge on any atom is -0.515 e. The quantitative estimate of drug-likeness (QED) is 0.360. The highest BCUT2D eigenvalue weighted by Crippen LogP contribution is 2.41. The van der Waals surface area contributed by atoms with E-state index in [-0.39, 0.29) is 5.97 Å². The molecular formula is C18H36O2Si. The maximum Gasteiger partial charge on any atom is 0.319 e. The van der Waals surface area contributed by atoms with Crippen molar-refractivity contribution in [1.82, 2.24) is 0 Å². The molecule has 0 aliphatic rings. The number of unbranched alkanes of at least 4 members (excludes halogenated alkanes) is 1. The van der Waals surface area contributed by atoms with Crippen LogP contribution in [0.4, 0.5) is 0 Å². The summed E-state index contributed by atoms with van der Waals surface area (Å²) in [5.41, 5.74) is 1.41. The maximum atomic E-state index is 12.2. The summed E-state index contributed by atoms with van der Waals surface area (Å²) < 4.78 is 6.14. The Balaban J connectivity index is 5.27. The van der Waals surface area contributed by atoms with Gasteiger partial charge in [0.15, 0.2) is 0 Å². The minimum atomic E-state index is -2.12. The molecule has 0 amide bonds. The average Bonchev–Trinajstić information content (AvgIpc) is 2.41. The van der Waals surface area contributed by atoms with Gasteiger partial charge < -0.3 is 4.43 Å². The summed E-state index contributed by atoms with van der Waals surface area (Å²) >= 11 is 0. The van der Waals surface area contributed by atoms with Gasteiger partial charge in [0, 0.05) is 5.57 Å². The molecule has 0 fully saturated rings. The summed E-state index contributed by atoms with van der Waals surface area (Å²) in [6.07, 6.45) is 4.94. The zero-order chi connectivity index (χ0) is 16.6. The van der Waals surface area contributed by atoms with E-state index in [1.54, 1.807) is 6.92 Å². The van der Waals surface area contributed by atoms with Crippen LogP contribution < -0.4 is 0 Å². The molecule has 1 atom stereocenters. The molecule has 0 saturated carbocycles. The molecule has 0 saturated heterocycles. The van der Waals surface area contributed by atoms with E-state index in [0.717, 1.165) is 6.04 Å². The van der Waals surface area contributed by atoms with E-state index < -0.39 is 8.32 Å². The van der Waals surface area contributed by atoms with Gasteiger partial charge in [0.1, 0.15) is 0 Å². The highest BCUT2D eigenvalue weighted by molar-refractivity contribution is 6.77. The summed E-state index contributed by atoms with van der Waals surface area (Å²) in [6, 6.07) is 1.10. The first-order valence-electron chi connectivity index (χ1n) is 8.60. The van der Waals surface area contributed by atoms with Crippen molar-refractivity contribution in [2.24, 2.45) is 5.92 Å². The molecule has 0 bridgehead atoms. The Morgan fingerprint density at radius 1 is 1.14 bits per heavy atom. The predicted octanol–water partition coefficient (Wildman–Crippen LogP) is 6.09. The Morgan fingerprint density at radius 3 is 2.00 bits per heavy atom. The molecule has 0 radical (unpaired) electrons. The standard InChI is InChI=1S/C18H36O2Si/c1-9-11-12-17(10-2)13-21(15(5)6,16(7)8)20-18(19)14(3)4/h15-17H,3,9-13H2,1-2,4-8H3. The molecule has 0 N–H and O–H groups in total. The second-order valence-electron chi connectivity index (χ2n) is 7.05.